The second kappa shape index (κ2) is 6.84. The van der Waals surface area contributed by atoms with Gasteiger partial charge in [0, 0.05) is 17.6 Å². The van der Waals surface area contributed by atoms with Crippen LogP contribution < -0.4 is 15.8 Å². The third-order valence-corrected chi connectivity index (χ3v) is 4.36. The summed E-state index contributed by atoms with van der Waals surface area (Å²) < 4.78 is 5.25. The summed E-state index contributed by atoms with van der Waals surface area (Å²) in [6, 6.07) is 15.9. The SMILES string of the molecule is COc1cccc(-c2ccc(C(=O)N[C@H]3CC[C@@H](N)C3)cc2)c1. The number of carbonyl (C=O) groups excluding carboxylic acids is 1. The number of rotatable bonds is 4. The van der Waals surface area contributed by atoms with E-state index in [4.69, 9.17) is 10.5 Å². The number of hydrogen-bond donors (Lipinski definition) is 2. The lowest BCUT2D eigenvalue weighted by molar-refractivity contribution is 0.0937. The summed E-state index contributed by atoms with van der Waals surface area (Å²) in [6.07, 6.45) is 2.82. The minimum atomic E-state index is -0.0266. The first-order chi connectivity index (χ1) is 11.2. The molecule has 0 aliphatic heterocycles. The number of nitrogens with one attached hydrogen (secondary N) is 1. The van der Waals surface area contributed by atoms with Crippen molar-refractivity contribution in [1.29, 1.82) is 0 Å². The highest BCUT2D eigenvalue weighted by atomic mass is 16.5. The monoisotopic (exact) mass is 310 g/mol. The lowest BCUT2D eigenvalue weighted by atomic mass is 10.0. The Bertz CT molecular complexity index is 682. The van der Waals surface area contributed by atoms with Gasteiger partial charge >= 0.3 is 0 Å². The lowest BCUT2D eigenvalue weighted by Crippen LogP contribution is -2.33. The molecule has 1 saturated carbocycles. The van der Waals surface area contributed by atoms with E-state index in [0.717, 1.165) is 36.1 Å². The summed E-state index contributed by atoms with van der Waals surface area (Å²) in [5.74, 6) is 0.795. The molecule has 2 aromatic carbocycles. The highest BCUT2D eigenvalue weighted by Crippen LogP contribution is 2.24. The fraction of sp³-hybridized carbons (Fsp3) is 0.316. The van der Waals surface area contributed by atoms with E-state index in [9.17, 15) is 4.79 Å². The van der Waals surface area contributed by atoms with Crippen LogP contribution in [0.2, 0.25) is 0 Å². The van der Waals surface area contributed by atoms with E-state index in [1.807, 2.05) is 48.5 Å². The molecule has 1 fully saturated rings. The Morgan fingerprint density at radius 1 is 1.13 bits per heavy atom. The summed E-state index contributed by atoms with van der Waals surface area (Å²) >= 11 is 0. The van der Waals surface area contributed by atoms with Crippen LogP contribution in [0.5, 0.6) is 5.75 Å². The average molecular weight is 310 g/mol. The van der Waals surface area contributed by atoms with Crippen molar-refractivity contribution in [3.8, 4) is 16.9 Å². The minimum Gasteiger partial charge on any atom is -0.497 e. The van der Waals surface area contributed by atoms with Gasteiger partial charge in [0.15, 0.2) is 0 Å². The number of hydrogen-bond acceptors (Lipinski definition) is 3. The number of benzene rings is 2. The molecule has 4 nitrogen and oxygen atoms in total. The Labute approximate surface area is 136 Å². The Morgan fingerprint density at radius 3 is 2.57 bits per heavy atom. The molecule has 2 aromatic rings. The smallest absolute Gasteiger partial charge is 0.251 e. The zero-order chi connectivity index (χ0) is 16.2. The van der Waals surface area contributed by atoms with Crippen molar-refractivity contribution in [2.45, 2.75) is 31.3 Å². The molecule has 4 heteroatoms. The van der Waals surface area contributed by atoms with Crippen molar-refractivity contribution in [3.63, 3.8) is 0 Å². The quantitative estimate of drug-likeness (QED) is 0.912. The van der Waals surface area contributed by atoms with Crippen LogP contribution in [0.15, 0.2) is 48.5 Å². The number of carbonyl (C=O) groups is 1. The maximum atomic E-state index is 12.3. The van der Waals surface area contributed by atoms with E-state index in [0.29, 0.717) is 5.56 Å². The van der Waals surface area contributed by atoms with E-state index in [1.54, 1.807) is 7.11 Å². The largest absolute Gasteiger partial charge is 0.497 e. The van der Waals surface area contributed by atoms with Gasteiger partial charge in [-0.3, -0.25) is 4.79 Å². The third kappa shape index (κ3) is 3.71. The number of nitrogens with two attached hydrogens (primary N) is 1. The maximum Gasteiger partial charge on any atom is 0.251 e. The fourth-order valence-corrected chi connectivity index (χ4v) is 3.03. The summed E-state index contributed by atoms with van der Waals surface area (Å²) in [5, 5.41) is 3.06. The Balaban J connectivity index is 1.70. The molecular weight excluding hydrogens is 288 g/mol. The summed E-state index contributed by atoms with van der Waals surface area (Å²) in [5.41, 5.74) is 8.69. The summed E-state index contributed by atoms with van der Waals surface area (Å²) in [4.78, 5) is 12.3. The van der Waals surface area contributed by atoms with Gasteiger partial charge in [-0.2, -0.15) is 0 Å². The predicted octanol–water partition coefficient (Wildman–Crippen LogP) is 2.97. The standard InChI is InChI=1S/C19H22N2O2/c1-23-18-4-2-3-15(11-18)13-5-7-14(8-6-13)19(22)21-17-10-9-16(20)12-17/h2-8,11,16-17H,9-10,12,20H2,1H3,(H,21,22)/t16-,17+/m1/s1. The molecule has 1 amide bonds. The Kier molecular flexibility index (Phi) is 4.63. The van der Waals surface area contributed by atoms with E-state index in [1.165, 1.54) is 0 Å². The van der Waals surface area contributed by atoms with E-state index < -0.39 is 0 Å². The molecule has 120 valence electrons. The van der Waals surface area contributed by atoms with E-state index in [-0.39, 0.29) is 18.0 Å². The second-order valence-electron chi connectivity index (χ2n) is 6.05. The van der Waals surface area contributed by atoms with Crippen LogP contribution in [0.25, 0.3) is 11.1 Å². The summed E-state index contributed by atoms with van der Waals surface area (Å²) in [7, 11) is 1.65. The second-order valence-corrected chi connectivity index (χ2v) is 6.05. The molecule has 0 saturated heterocycles. The van der Waals surface area contributed by atoms with Gasteiger partial charge in [-0.1, -0.05) is 24.3 Å². The zero-order valence-corrected chi connectivity index (χ0v) is 13.3. The molecule has 0 bridgehead atoms. The van der Waals surface area contributed by atoms with Gasteiger partial charge in [0.2, 0.25) is 0 Å². The molecule has 3 rings (SSSR count). The Morgan fingerprint density at radius 2 is 1.91 bits per heavy atom. The molecule has 0 unspecified atom stereocenters. The first-order valence-corrected chi connectivity index (χ1v) is 7.96. The van der Waals surface area contributed by atoms with Gasteiger partial charge in [0.05, 0.1) is 7.11 Å². The van der Waals surface area contributed by atoms with Gasteiger partial charge in [0.25, 0.3) is 5.91 Å². The molecule has 23 heavy (non-hydrogen) atoms. The number of ether oxygens (including phenoxy) is 1. The van der Waals surface area contributed by atoms with Crippen molar-refractivity contribution in [2.75, 3.05) is 7.11 Å². The highest BCUT2D eigenvalue weighted by Gasteiger charge is 2.23. The average Bonchev–Trinajstić information content (AvgIpc) is 3.00. The normalized spacial score (nSPS) is 20.3. The van der Waals surface area contributed by atoms with Gasteiger partial charge in [0.1, 0.15) is 5.75 Å². The van der Waals surface area contributed by atoms with Crippen molar-refractivity contribution < 1.29 is 9.53 Å². The molecule has 0 radical (unpaired) electrons. The van der Waals surface area contributed by atoms with Crippen LogP contribution in [0, 0.1) is 0 Å². The van der Waals surface area contributed by atoms with Gasteiger partial charge in [-0.25, -0.2) is 0 Å². The first kappa shape index (κ1) is 15.6. The van der Waals surface area contributed by atoms with Gasteiger partial charge in [-0.15, -0.1) is 0 Å². The van der Waals surface area contributed by atoms with Crippen molar-refractivity contribution in [1.82, 2.24) is 5.32 Å². The molecule has 0 heterocycles. The van der Waals surface area contributed by atoms with Crippen LogP contribution in [0.3, 0.4) is 0 Å². The van der Waals surface area contributed by atoms with Crippen LogP contribution in [-0.2, 0) is 0 Å². The van der Waals surface area contributed by atoms with E-state index >= 15 is 0 Å². The van der Waals surface area contributed by atoms with Gasteiger partial charge < -0.3 is 15.8 Å². The van der Waals surface area contributed by atoms with Crippen LogP contribution in [-0.4, -0.2) is 25.1 Å². The lowest BCUT2D eigenvalue weighted by Gasteiger charge is -2.12. The highest BCUT2D eigenvalue weighted by molar-refractivity contribution is 5.94. The fourth-order valence-electron chi connectivity index (χ4n) is 3.03. The maximum absolute atomic E-state index is 12.3. The van der Waals surface area contributed by atoms with Crippen LogP contribution in [0.1, 0.15) is 29.6 Å². The minimum absolute atomic E-state index is 0.0266. The first-order valence-electron chi connectivity index (χ1n) is 7.96. The zero-order valence-electron chi connectivity index (χ0n) is 13.3. The topological polar surface area (TPSA) is 64.3 Å². The summed E-state index contributed by atoms with van der Waals surface area (Å²) in [6.45, 7) is 0. The number of amides is 1. The third-order valence-electron chi connectivity index (χ3n) is 4.36. The van der Waals surface area contributed by atoms with Crippen molar-refractivity contribution >= 4 is 5.91 Å². The molecule has 2 atom stereocenters. The van der Waals surface area contributed by atoms with Crippen LogP contribution in [0.4, 0.5) is 0 Å². The molecular formula is C19H22N2O2. The molecule has 1 aliphatic rings. The molecule has 1 aliphatic carbocycles. The Hall–Kier alpha value is -2.33. The van der Waals surface area contributed by atoms with Crippen molar-refractivity contribution in [3.05, 3.63) is 54.1 Å². The predicted molar refractivity (Wildman–Crippen MR) is 91.5 cm³/mol. The van der Waals surface area contributed by atoms with Gasteiger partial charge in [-0.05, 0) is 54.7 Å². The van der Waals surface area contributed by atoms with Crippen LogP contribution >= 0.6 is 0 Å². The van der Waals surface area contributed by atoms with E-state index in [2.05, 4.69) is 5.32 Å². The molecule has 0 spiro atoms. The van der Waals surface area contributed by atoms with Crippen molar-refractivity contribution in [2.24, 2.45) is 5.73 Å². The molecule has 0 aromatic heterocycles. The molecule has 3 N–H and O–H groups in total. The number of methoxy groups -OCH3 is 1.